The maximum absolute atomic E-state index is 13.1. The predicted molar refractivity (Wildman–Crippen MR) is 86.8 cm³/mol. The topological polar surface area (TPSA) is 26.3 Å². The van der Waals surface area contributed by atoms with Gasteiger partial charge in [-0.3, -0.25) is 4.79 Å². The lowest BCUT2D eigenvalue weighted by Crippen LogP contribution is -2.41. The van der Waals surface area contributed by atoms with Gasteiger partial charge in [0.2, 0.25) is 0 Å². The summed E-state index contributed by atoms with van der Waals surface area (Å²) in [6.45, 7) is 4.77. The van der Waals surface area contributed by atoms with Crippen LogP contribution in [0, 0.1) is 0 Å². The summed E-state index contributed by atoms with van der Waals surface area (Å²) in [5.74, 6) is 0.198. The van der Waals surface area contributed by atoms with Gasteiger partial charge in [-0.05, 0) is 37.8 Å². The van der Waals surface area contributed by atoms with Crippen LogP contribution in [0.3, 0.4) is 0 Å². The van der Waals surface area contributed by atoms with Gasteiger partial charge in [0.1, 0.15) is 5.60 Å². The van der Waals surface area contributed by atoms with E-state index in [1.54, 1.807) is 0 Å². The zero-order chi connectivity index (χ0) is 15.1. The minimum absolute atomic E-state index is 0.198. The molecule has 0 amide bonds. The van der Waals surface area contributed by atoms with Gasteiger partial charge >= 0.3 is 0 Å². The zero-order valence-electron chi connectivity index (χ0n) is 13.5. The van der Waals surface area contributed by atoms with Gasteiger partial charge in [-0.15, -0.1) is 0 Å². The molecule has 2 nitrogen and oxygen atoms in total. The highest BCUT2D eigenvalue weighted by atomic mass is 16.5. The highest BCUT2D eigenvalue weighted by Gasteiger charge is 2.39. The van der Waals surface area contributed by atoms with Gasteiger partial charge in [-0.2, -0.15) is 0 Å². The summed E-state index contributed by atoms with van der Waals surface area (Å²) in [6, 6.07) is 8.14. The van der Waals surface area contributed by atoms with E-state index in [1.807, 2.05) is 19.1 Å². The van der Waals surface area contributed by atoms with Gasteiger partial charge in [0.25, 0.3) is 0 Å². The smallest absolute Gasteiger partial charge is 0.194 e. The molecule has 1 aliphatic carbocycles. The van der Waals surface area contributed by atoms with Crippen molar-refractivity contribution in [3.8, 4) is 0 Å². The number of rotatable bonds is 6. The summed E-state index contributed by atoms with van der Waals surface area (Å²) in [4.78, 5) is 13.1. The lowest BCUT2D eigenvalue weighted by atomic mass is 9.85. The van der Waals surface area contributed by atoms with Gasteiger partial charge < -0.3 is 4.74 Å². The predicted octanol–water partition coefficient (Wildman–Crippen LogP) is 4.95. The molecule has 1 saturated carbocycles. The number of carbonyl (C=O) groups excluding carboxylic acids is 1. The largest absolute Gasteiger partial charge is 0.367 e. The van der Waals surface area contributed by atoms with E-state index in [4.69, 9.17) is 4.74 Å². The molecular formula is C19H28O2. The summed E-state index contributed by atoms with van der Waals surface area (Å²) in [7, 11) is 0. The number of Topliss-reactive ketones (excluding diaryl/α,β-unsaturated/α-hetero) is 1. The van der Waals surface area contributed by atoms with Crippen LogP contribution in [-0.4, -0.2) is 18.0 Å². The number of ether oxygens (including phenoxy) is 1. The van der Waals surface area contributed by atoms with Crippen molar-refractivity contribution in [1.29, 1.82) is 0 Å². The second-order valence-corrected chi connectivity index (χ2v) is 6.12. The van der Waals surface area contributed by atoms with Crippen LogP contribution in [0.25, 0.3) is 0 Å². The summed E-state index contributed by atoms with van der Waals surface area (Å²) >= 11 is 0. The SMILES string of the molecule is CCCc1cccc(C(=O)C2(OCC)CCCCCC2)c1. The monoisotopic (exact) mass is 288 g/mol. The zero-order valence-corrected chi connectivity index (χ0v) is 13.5. The molecule has 0 heterocycles. The average Bonchev–Trinajstić information content (AvgIpc) is 2.74. The normalized spacial score (nSPS) is 18.2. The summed E-state index contributed by atoms with van der Waals surface area (Å²) in [6.07, 6.45) is 8.52. The average molecular weight is 288 g/mol. The molecule has 1 fully saturated rings. The van der Waals surface area contributed by atoms with Gasteiger partial charge in [-0.25, -0.2) is 0 Å². The summed E-state index contributed by atoms with van der Waals surface area (Å²) in [5, 5.41) is 0. The molecule has 1 aliphatic rings. The first-order valence-corrected chi connectivity index (χ1v) is 8.49. The number of carbonyl (C=O) groups is 1. The molecule has 0 N–H and O–H groups in total. The first-order valence-electron chi connectivity index (χ1n) is 8.49. The molecule has 0 bridgehead atoms. The lowest BCUT2D eigenvalue weighted by Gasteiger charge is -2.31. The van der Waals surface area contributed by atoms with Crippen LogP contribution in [0.4, 0.5) is 0 Å². The molecule has 0 saturated heterocycles. The molecule has 21 heavy (non-hydrogen) atoms. The van der Waals surface area contributed by atoms with Crippen LogP contribution in [0.15, 0.2) is 24.3 Å². The molecule has 0 atom stereocenters. The van der Waals surface area contributed by atoms with Crippen LogP contribution in [-0.2, 0) is 11.2 Å². The number of aryl methyl sites for hydroxylation is 1. The third-order valence-corrected chi connectivity index (χ3v) is 4.47. The Morgan fingerprint density at radius 2 is 1.86 bits per heavy atom. The molecule has 2 rings (SSSR count). The third-order valence-electron chi connectivity index (χ3n) is 4.47. The first-order chi connectivity index (χ1) is 10.2. The van der Waals surface area contributed by atoms with Gasteiger partial charge in [-0.1, -0.05) is 57.2 Å². The molecule has 0 spiro atoms. The Morgan fingerprint density at radius 1 is 1.14 bits per heavy atom. The minimum atomic E-state index is -0.573. The second kappa shape index (κ2) is 7.74. The number of hydrogen-bond acceptors (Lipinski definition) is 2. The van der Waals surface area contributed by atoms with E-state index in [9.17, 15) is 4.79 Å². The van der Waals surface area contributed by atoms with Crippen LogP contribution < -0.4 is 0 Å². The minimum Gasteiger partial charge on any atom is -0.367 e. The fourth-order valence-corrected chi connectivity index (χ4v) is 3.43. The van der Waals surface area contributed by atoms with Crippen molar-refractivity contribution in [2.45, 2.75) is 70.8 Å². The van der Waals surface area contributed by atoms with Crippen LogP contribution in [0.2, 0.25) is 0 Å². The Bertz CT molecular complexity index is 456. The Hall–Kier alpha value is -1.15. The van der Waals surface area contributed by atoms with E-state index < -0.39 is 5.60 Å². The van der Waals surface area contributed by atoms with Crippen LogP contribution in [0.1, 0.15) is 74.7 Å². The van der Waals surface area contributed by atoms with Crippen LogP contribution >= 0.6 is 0 Å². The second-order valence-electron chi connectivity index (χ2n) is 6.12. The number of benzene rings is 1. The molecule has 0 aromatic heterocycles. The molecule has 0 aliphatic heterocycles. The highest BCUT2D eigenvalue weighted by Crippen LogP contribution is 2.34. The van der Waals surface area contributed by atoms with Crippen LogP contribution in [0.5, 0.6) is 0 Å². The standard InChI is InChI=1S/C19H28O2/c1-3-10-16-11-9-12-17(15-16)18(20)19(21-4-2)13-7-5-6-8-14-19/h9,11-12,15H,3-8,10,13-14H2,1-2H3. The Kier molecular flexibility index (Phi) is 5.98. The Labute approximate surface area is 128 Å². The van der Waals surface area contributed by atoms with E-state index in [-0.39, 0.29) is 5.78 Å². The summed E-state index contributed by atoms with van der Waals surface area (Å²) in [5.41, 5.74) is 1.51. The maximum atomic E-state index is 13.1. The van der Waals surface area contributed by atoms with Crippen molar-refractivity contribution < 1.29 is 9.53 Å². The highest BCUT2D eigenvalue weighted by molar-refractivity contribution is 6.02. The lowest BCUT2D eigenvalue weighted by molar-refractivity contribution is -0.0292. The van der Waals surface area contributed by atoms with Crippen molar-refractivity contribution in [2.75, 3.05) is 6.61 Å². The van der Waals surface area contributed by atoms with Crippen molar-refractivity contribution in [1.82, 2.24) is 0 Å². The van der Waals surface area contributed by atoms with Gasteiger partial charge in [0.05, 0.1) is 0 Å². The maximum Gasteiger partial charge on any atom is 0.194 e. The summed E-state index contributed by atoms with van der Waals surface area (Å²) < 4.78 is 6.02. The van der Waals surface area contributed by atoms with Crippen molar-refractivity contribution in [3.63, 3.8) is 0 Å². The van der Waals surface area contributed by atoms with E-state index in [0.717, 1.165) is 44.1 Å². The number of hydrogen-bond donors (Lipinski definition) is 0. The molecule has 1 aromatic rings. The van der Waals surface area contributed by atoms with Crippen molar-refractivity contribution in [2.24, 2.45) is 0 Å². The Balaban J connectivity index is 2.26. The third kappa shape index (κ3) is 3.94. The fourth-order valence-electron chi connectivity index (χ4n) is 3.43. The fraction of sp³-hybridized carbons (Fsp3) is 0.632. The quantitative estimate of drug-likeness (QED) is 0.547. The molecule has 1 aromatic carbocycles. The molecule has 0 unspecified atom stereocenters. The van der Waals surface area contributed by atoms with Gasteiger partial charge in [0.15, 0.2) is 5.78 Å². The molecule has 116 valence electrons. The van der Waals surface area contributed by atoms with E-state index in [1.165, 1.54) is 18.4 Å². The van der Waals surface area contributed by atoms with Gasteiger partial charge in [0, 0.05) is 12.2 Å². The van der Waals surface area contributed by atoms with E-state index >= 15 is 0 Å². The molecular weight excluding hydrogens is 260 g/mol. The van der Waals surface area contributed by atoms with E-state index in [0.29, 0.717) is 6.61 Å². The van der Waals surface area contributed by atoms with Crippen molar-refractivity contribution >= 4 is 5.78 Å². The van der Waals surface area contributed by atoms with Crippen molar-refractivity contribution in [3.05, 3.63) is 35.4 Å². The molecule has 0 radical (unpaired) electrons. The number of ketones is 1. The first kappa shape index (κ1) is 16.2. The molecule has 2 heteroatoms. The Morgan fingerprint density at radius 3 is 2.48 bits per heavy atom. The van der Waals surface area contributed by atoms with E-state index in [2.05, 4.69) is 19.1 Å².